The topological polar surface area (TPSA) is 62.5 Å². The van der Waals surface area contributed by atoms with Gasteiger partial charge in [0.15, 0.2) is 10.8 Å². The Kier molecular flexibility index (Phi) is 4.30. The summed E-state index contributed by atoms with van der Waals surface area (Å²) in [6.45, 7) is 2.28. The summed E-state index contributed by atoms with van der Waals surface area (Å²) >= 11 is 7.41. The van der Waals surface area contributed by atoms with Gasteiger partial charge < -0.3 is 10.2 Å². The van der Waals surface area contributed by atoms with Crippen molar-refractivity contribution < 1.29 is 9.18 Å². The van der Waals surface area contributed by atoms with Gasteiger partial charge in [-0.25, -0.2) is 9.97 Å². The number of carbonyl (C=O) groups is 1. The largest absolute Gasteiger partial charge is 0.348 e. The number of rotatable bonds is 4. The zero-order chi connectivity index (χ0) is 17.4. The maximum absolute atomic E-state index is 14.4. The van der Waals surface area contributed by atoms with Crippen LogP contribution in [0.5, 0.6) is 0 Å². The maximum Gasteiger partial charge on any atom is 0.275 e. The van der Waals surface area contributed by atoms with E-state index in [0.29, 0.717) is 10.7 Å². The second-order valence-electron chi connectivity index (χ2n) is 5.82. The van der Waals surface area contributed by atoms with Crippen LogP contribution in [-0.2, 0) is 6.54 Å². The zero-order valence-corrected chi connectivity index (χ0v) is 14.8. The Bertz CT molecular complexity index is 934. The van der Waals surface area contributed by atoms with Crippen LogP contribution >= 0.6 is 22.9 Å². The molecular weight excluding hydrogens is 365 g/mol. The molecule has 0 spiro atoms. The molecule has 4 heterocycles. The van der Waals surface area contributed by atoms with Crippen LogP contribution in [0, 0.1) is 5.95 Å². The molecule has 0 unspecified atom stereocenters. The lowest BCUT2D eigenvalue weighted by Gasteiger charge is -2.12. The molecule has 3 aromatic rings. The molecule has 0 aromatic carbocycles. The molecule has 1 fully saturated rings. The first-order chi connectivity index (χ1) is 12.1. The Morgan fingerprint density at radius 1 is 1.32 bits per heavy atom. The molecular formula is C16H15ClFN5OS. The van der Waals surface area contributed by atoms with Gasteiger partial charge in [0, 0.05) is 24.7 Å². The third-order valence-electron chi connectivity index (χ3n) is 4.09. The molecule has 9 heteroatoms. The summed E-state index contributed by atoms with van der Waals surface area (Å²) < 4.78 is 15.5. The van der Waals surface area contributed by atoms with Gasteiger partial charge in [0.1, 0.15) is 5.65 Å². The average molecular weight is 380 g/mol. The van der Waals surface area contributed by atoms with Crippen molar-refractivity contribution in [3.63, 3.8) is 0 Å². The summed E-state index contributed by atoms with van der Waals surface area (Å²) in [6.07, 6.45) is 3.75. The van der Waals surface area contributed by atoms with E-state index in [0.717, 1.165) is 28.3 Å². The third kappa shape index (κ3) is 3.19. The van der Waals surface area contributed by atoms with E-state index < -0.39 is 11.9 Å². The SMILES string of the molecule is O=C(NCc1csc(N2CCCC2)n1)c1nc2ccc(Cl)cn2c1F. The molecule has 1 aliphatic rings. The Labute approximate surface area is 152 Å². The number of anilines is 1. The Balaban J connectivity index is 1.46. The van der Waals surface area contributed by atoms with E-state index in [2.05, 4.69) is 20.2 Å². The first-order valence-electron chi connectivity index (χ1n) is 7.92. The number of aromatic nitrogens is 3. The standard InChI is InChI=1S/C16H15ClFN5OS/c17-10-3-4-12-21-13(14(18)23(12)8-10)15(24)19-7-11-9-25-16(20-11)22-5-1-2-6-22/h3-4,8-9H,1-2,5-7H2,(H,19,24). The van der Waals surface area contributed by atoms with Crippen LogP contribution in [0.2, 0.25) is 5.02 Å². The van der Waals surface area contributed by atoms with Gasteiger partial charge in [-0.15, -0.1) is 11.3 Å². The number of hydrogen-bond donors (Lipinski definition) is 1. The highest BCUT2D eigenvalue weighted by Gasteiger charge is 2.20. The van der Waals surface area contributed by atoms with E-state index in [4.69, 9.17) is 11.6 Å². The number of halogens is 2. The number of hydrogen-bond acceptors (Lipinski definition) is 5. The normalized spacial score (nSPS) is 14.4. The van der Waals surface area contributed by atoms with Crippen molar-refractivity contribution in [2.45, 2.75) is 19.4 Å². The fourth-order valence-electron chi connectivity index (χ4n) is 2.82. The smallest absolute Gasteiger partial charge is 0.275 e. The van der Waals surface area contributed by atoms with Gasteiger partial charge >= 0.3 is 0 Å². The van der Waals surface area contributed by atoms with Gasteiger partial charge in [-0.2, -0.15) is 4.39 Å². The van der Waals surface area contributed by atoms with E-state index >= 15 is 0 Å². The number of fused-ring (bicyclic) bond motifs is 1. The van der Waals surface area contributed by atoms with E-state index in [1.165, 1.54) is 19.0 Å². The lowest BCUT2D eigenvalue weighted by molar-refractivity contribution is 0.0941. The Hall–Kier alpha value is -2.19. The lowest BCUT2D eigenvalue weighted by Crippen LogP contribution is -2.24. The van der Waals surface area contributed by atoms with E-state index in [9.17, 15) is 9.18 Å². The molecule has 1 saturated heterocycles. The molecule has 130 valence electrons. The van der Waals surface area contributed by atoms with Crippen molar-refractivity contribution in [1.29, 1.82) is 0 Å². The summed E-state index contributed by atoms with van der Waals surface area (Å²) in [5.74, 6) is -1.31. The molecule has 0 radical (unpaired) electrons. The van der Waals surface area contributed by atoms with Crippen LogP contribution in [0.3, 0.4) is 0 Å². The predicted molar refractivity (Wildman–Crippen MR) is 94.9 cm³/mol. The van der Waals surface area contributed by atoms with Crippen LogP contribution in [-0.4, -0.2) is 33.4 Å². The van der Waals surface area contributed by atoms with Crippen LogP contribution in [0.4, 0.5) is 9.52 Å². The number of nitrogens with zero attached hydrogens (tertiary/aromatic N) is 4. The Morgan fingerprint density at radius 2 is 2.12 bits per heavy atom. The number of pyridine rings is 1. The van der Waals surface area contributed by atoms with Crippen LogP contribution in [0.15, 0.2) is 23.7 Å². The van der Waals surface area contributed by atoms with Gasteiger partial charge in [0.25, 0.3) is 5.91 Å². The second-order valence-corrected chi connectivity index (χ2v) is 7.10. The number of thiazole rings is 1. The fourth-order valence-corrected chi connectivity index (χ4v) is 3.86. The number of imidazole rings is 1. The predicted octanol–water partition coefficient (Wildman–Crippen LogP) is 3.11. The maximum atomic E-state index is 14.4. The molecule has 25 heavy (non-hydrogen) atoms. The average Bonchev–Trinajstić information content (AvgIpc) is 3.33. The number of amides is 1. The fraction of sp³-hybridized carbons (Fsp3) is 0.312. The summed E-state index contributed by atoms with van der Waals surface area (Å²) in [5, 5.41) is 5.92. The lowest BCUT2D eigenvalue weighted by atomic mass is 10.4. The molecule has 0 saturated carbocycles. The quantitative estimate of drug-likeness (QED) is 0.756. The third-order valence-corrected chi connectivity index (χ3v) is 5.26. The van der Waals surface area contributed by atoms with Gasteiger partial charge in [-0.1, -0.05) is 11.6 Å². The highest BCUT2D eigenvalue weighted by molar-refractivity contribution is 7.13. The molecule has 0 bridgehead atoms. The summed E-state index contributed by atoms with van der Waals surface area (Å²) in [6, 6.07) is 3.16. The van der Waals surface area contributed by atoms with Gasteiger partial charge in [0.05, 0.1) is 17.3 Å². The number of carbonyl (C=O) groups excluding carboxylic acids is 1. The molecule has 1 N–H and O–H groups in total. The zero-order valence-electron chi connectivity index (χ0n) is 13.2. The highest BCUT2D eigenvalue weighted by Crippen LogP contribution is 2.24. The molecule has 4 rings (SSSR count). The minimum atomic E-state index is -0.731. The van der Waals surface area contributed by atoms with Crippen molar-refractivity contribution >= 4 is 39.6 Å². The molecule has 3 aromatic heterocycles. The molecule has 1 aliphatic heterocycles. The van der Waals surface area contributed by atoms with E-state index in [1.54, 1.807) is 23.5 Å². The summed E-state index contributed by atoms with van der Waals surface area (Å²) in [7, 11) is 0. The highest BCUT2D eigenvalue weighted by atomic mass is 35.5. The van der Waals surface area contributed by atoms with Gasteiger partial charge in [-0.05, 0) is 25.0 Å². The monoisotopic (exact) mass is 379 g/mol. The van der Waals surface area contributed by atoms with Crippen LogP contribution in [0.25, 0.3) is 5.65 Å². The van der Waals surface area contributed by atoms with Crippen molar-refractivity contribution in [3.8, 4) is 0 Å². The second kappa shape index (κ2) is 6.61. The first-order valence-corrected chi connectivity index (χ1v) is 9.18. The van der Waals surface area contributed by atoms with Crippen molar-refractivity contribution in [2.75, 3.05) is 18.0 Å². The van der Waals surface area contributed by atoms with E-state index in [-0.39, 0.29) is 12.2 Å². The van der Waals surface area contributed by atoms with E-state index in [1.807, 2.05) is 5.38 Å². The minimum absolute atomic E-state index is 0.233. The van der Waals surface area contributed by atoms with Gasteiger partial charge in [0.2, 0.25) is 5.95 Å². The van der Waals surface area contributed by atoms with Gasteiger partial charge in [-0.3, -0.25) is 9.20 Å². The molecule has 0 atom stereocenters. The summed E-state index contributed by atoms with van der Waals surface area (Å²) in [4.78, 5) is 23.1. The van der Waals surface area contributed by atoms with Crippen molar-refractivity contribution in [2.24, 2.45) is 0 Å². The van der Waals surface area contributed by atoms with Crippen LogP contribution < -0.4 is 10.2 Å². The molecule has 6 nitrogen and oxygen atoms in total. The molecule has 1 amide bonds. The number of nitrogens with one attached hydrogen (secondary N) is 1. The minimum Gasteiger partial charge on any atom is -0.348 e. The summed E-state index contributed by atoms with van der Waals surface area (Å²) in [5.41, 5.74) is 0.835. The van der Waals surface area contributed by atoms with Crippen LogP contribution in [0.1, 0.15) is 29.0 Å². The first kappa shape index (κ1) is 16.3. The van der Waals surface area contributed by atoms with Crippen molar-refractivity contribution in [3.05, 3.63) is 46.1 Å². The Morgan fingerprint density at radius 3 is 2.92 bits per heavy atom. The van der Waals surface area contributed by atoms with Crippen molar-refractivity contribution in [1.82, 2.24) is 19.7 Å². The molecule has 0 aliphatic carbocycles.